The highest BCUT2D eigenvalue weighted by atomic mass is 32.3. The molecule has 2 N–H and O–H groups in total. The van der Waals surface area contributed by atoms with E-state index in [0.29, 0.717) is 6.42 Å². The van der Waals surface area contributed by atoms with E-state index in [4.69, 9.17) is 9.66 Å². The lowest BCUT2D eigenvalue weighted by molar-refractivity contribution is -0.145. The number of rotatable bonds is 13. The highest BCUT2D eigenvalue weighted by molar-refractivity contribution is 7.80. The van der Waals surface area contributed by atoms with E-state index >= 15 is 0 Å². The van der Waals surface area contributed by atoms with E-state index in [2.05, 4.69) is 11.1 Å². The van der Waals surface area contributed by atoms with Crippen LogP contribution in [-0.4, -0.2) is 30.2 Å². The fourth-order valence-electron chi connectivity index (χ4n) is 2.00. The van der Waals surface area contributed by atoms with Crippen LogP contribution in [0.1, 0.15) is 71.1 Å². The van der Waals surface area contributed by atoms with E-state index < -0.39 is 22.5 Å². The third-order valence-electron chi connectivity index (χ3n) is 3.08. The molecular weight excluding hydrogens is 284 g/mol. The van der Waals surface area contributed by atoms with Gasteiger partial charge < -0.3 is 5.11 Å². The van der Waals surface area contributed by atoms with Gasteiger partial charge in [0, 0.05) is 0 Å². The number of carbonyl (C=O) groups is 1. The summed E-state index contributed by atoms with van der Waals surface area (Å²) in [5, 5.41) is 8.76. The molecular formula is C13H26O6S. The molecule has 0 saturated carbocycles. The summed E-state index contributed by atoms with van der Waals surface area (Å²) in [7, 11) is -4.71. The van der Waals surface area contributed by atoms with Crippen LogP contribution in [0, 0.1) is 0 Å². The van der Waals surface area contributed by atoms with Gasteiger partial charge in [-0.05, 0) is 6.42 Å². The van der Waals surface area contributed by atoms with Crippen molar-refractivity contribution in [2.75, 3.05) is 0 Å². The Morgan fingerprint density at radius 1 is 1.00 bits per heavy atom. The van der Waals surface area contributed by atoms with Crippen LogP contribution in [0.3, 0.4) is 0 Å². The van der Waals surface area contributed by atoms with Crippen molar-refractivity contribution in [2.45, 2.75) is 77.2 Å². The zero-order chi connectivity index (χ0) is 15.4. The largest absolute Gasteiger partial charge is 0.479 e. The molecule has 6 nitrogen and oxygen atoms in total. The Labute approximate surface area is 121 Å². The molecule has 0 aliphatic heterocycles. The minimum atomic E-state index is -4.71. The Hall–Kier alpha value is -0.660. The number of hydrogen-bond acceptors (Lipinski definition) is 4. The summed E-state index contributed by atoms with van der Waals surface area (Å²) in [6.07, 6.45) is 8.30. The van der Waals surface area contributed by atoms with Crippen molar-refractivity contribution >= 4 is 16.4 Å². The highest BCUT2D eigenvalue weighted by Gasteiger charge is 2.23. The van der Waals surface area contributed by atoms with Crippen LogP contribution >= 0.6 is 0 Å². The zero-order valence-corrected chi connectivity index (χ0v) is 12.9. The summed E-state index contributed by atoms with van der Waals surface area (Å²) >= 11 is 0. The number of hydrogen-bond donors (Lipinski definition) is 2. The van der Waals surface area contributed by atoms with Crippen LogP contribution in [0.2, 0.25) is 0 Å². The van der Waals surface area contributed by atoms with Crippen molar-refractivity contribution in [3.8, 4) is 0 Å². The number of carboxylic acids is 1. The third kappa shape index (κ3) is 12.4. The molecule has 0 fully saturated rings. The molecule has 0 radical (unpaired) electrons. The molecule has 0 aliphatic carbocycles. The van der Waals surface area contributed by atoms with E-state index in [1.54, 1.807) is 0 Å². The fourth-order valence-corrected chi connectivity index (χ4v) is 2.47. The molecule has 120 valence electrons. The molecule has 0 aromatic rings. The second kappa shape index (κ2) is 11.0. The maximum absolute atomic E-state index is 10.7. The van der Waals surface area contributed by atoms with Crippen LogP contribution in [-0.2, 0) is 19.4 Å². The lowest BCUT2D eigenvalue weighted by atomic mass is 10.1. The smallest absolute Gasteiger partial charge is 0.398 e. The van der Waals surface area contributed by atoms with E-state index in [-0.39, 0.29) is 6.42 Å². The van der Waals surface area contributed by atoms with Crippen LogP contribution in [0.25, 0.3) is 0 Å². The third-order valence-corrected chi connectivity index (χ3v) is 3.56. The van der Waals surface area contributed by atoms with Gasteiger partial charge in [-0.2, -0.15) is 8.42 Å². The standard InChI is InChI=1S/C13H26O6S/c1-2-3-4-5-6-7-8-9-10-11-12(13(14)15)19-20(16,17)18/h12H,2-11H2,1H3,(H,14,15)(H,16,17,18). The average Bonchev–Trinajstić information content (AvgIpc) is 2.33. The summed E-state index contributed by atoms with van der Waals surface area (Å²) in [6.45, 7) is 2.17. The predicted molar refractivity (Wildman–Crippen MR) is 75.9 cm³/mol. The van der Waals surface area contributed by atoms with Crippen molar-refractivity contribution in [3.63, 3.8) is 0 Å². The maximum atomic E-state index is 10.7. The monoisotopic (exact) mass is 310 g/mol. The first-order chi connectivity index (χ1) is 9.37. The Morgan fingerprint density at radius 2 is 1.45 bits per heavy atom. The molecule has 1 atom stereocenters. The SMILES string of the molecule is CCCCCCCCCCCC(OS(=O)(=O)O)C(=O)O. The molecule has 7 heteroatoms. The molecule has 0 aromatic heterocycles. The Kier molecular flexibility index (Phi) is 10.7. The van der Waals surface area contributed by atoms with Crippen molar-refractivity contribution in [3.05, 3.63) is 0 Å². The van der Waals surface area contributed by atoms with E-state index in [9.17, 15) is 13.2 Å². The summed E-state index contributed by atoms with van der Waals surface area (Å²) < 4.78 is 33.5. The van der Waals surface area contributed by atoms with Crippen molar-refractivity contribution in [1.82, 2.24) is 0 Å². The van der Waals surface area contributed by atoms with Gasteiger partial charge in [-0.15, -0.1) is 0 Å². The van der Waals surface area contributed by atoms with Crippen molar-refractivity contribution in [1.29, 1.82) is 0 Å². The topological polar surface area (TPSA) is 101 Å². The van der Waals surface area contributed by atoms with Gasteiger partial charge in [-0.3, -0.25) is 4.55 Å². The first-order valence-corrected chi connectivity index (χ1v) is 8.62. The van der Waals surface area contributed by atoms with Gasteiger partial charge >= 0.3 is 16.4 Å². The number of unbranched alkanes of at least 4 members (excludes halogenated alkanes) is 8. The molecule has 0 bridgehead atoms. The summed E-state index contributed by atoms with van der Waals surface area (Å²) in [4.78, 5) is 10.7. The van der Waals surface area contributed by atoms with Crippen LogP contribution in [0.15, 0.2) is 0 Å². The quantitative estimate of drug-likeness (QED) is 0.400. The fraction of sp³-hybridized carbons (Fsp3) is 0.923. The molecule has 0 aromatic carbocycles. The predicted octanol–water partition coefficient (Wildman–Crippen LogP) is 3.18. The molecule has 0 saturated heterocycles. The van der Waals surface area contributed by atoms with Crippen LogP contribution in [0.5, 0.6) is 0 Å². The normalized spacial score (nSPS) is 13.3. The second-order valence-electron chi connectivity index (χ2n) is 4.97. The summed E-state index contributed by atoms with van der Waals surface area (Å²) in [5.41, 5.74) is 0. The van der Waals surface area contributed by atoms with Gasteiger partial charge in [0.1, 0.15) is 0 Å². The van der Waals surface area contributed by atoms with Gasteiger partial charge in [-0.25, -0.2) is 8.98 Å². The van der Waals surface area contributed by atoms with Crippen LogP contribution in [0.4, 0.5) is 0 Å². The van der Waals surface area contributed by atoms with E-state index in [1.165, 1.54) is 32.1 Å². The average molecular weight is 310 g/mol. The minimum Gasteiger partial charge on any atom is -0.479 e. The molecule has 0 amide bonds. The Morgan fingerprint density at radius 3 is 1.85 bits per heavy atom. The molecule has 0 aliphatic rings. The number of carboxylic acid groups (broad SMARTS) is 1. The Balaban J connectivity index is 3.62. The summed E-state index contributed by atoms with van der Waals surface area (Å²) in [6, 6.07) is 0. The Bertz CT molecular complexity index is 352. The van der Waals surface area contributed by atoms with Gasteiger partial charge in [-0.1, -0.05) is 64.7 Å². The maximum Gasteiger partial charge on any atom is 0.398 e. The second-order valence-corrected chi connectivity index (χ2v) is 6.02. The van der Waals surface area contributed by atoms with Crippen LogP contribution < -0.4 is 0 Å². The highest BCUT2D eigenvalue weighted by Crippen LogP contribution is 2.13. The van der Waals surface area contributed by atoms with Gasteiger partial charge in [0.2, 0.25) is 0 Å². The van der Waals surface area contributed by atoms with Crippen molar-refractivity contribution < 1.29 is 27.1 Å². The van der Waals surface area contributed by atoms with E-state index in [0.717, 1.165) is 19.3 Å². The molecule has 0 rings (SSSR count). The zero-order valence-electron chi connectivity index (χ0n) is 12.1. The van der Waals surface area contributed by atoms with Gasteiger partial charge in [0.15, 0.2) is 6.10 Å². The van der Waals surface area contributed by atoms with Gasteiger partial charge in [0.05, 0.1) is 0 Å². The molecule has 0 spiro atoms. The minimum absolute atomic E-state index is 0.0883. The molecule has 1 unspecified atom stereocenters. The lowest BCUT2D eigenvalue weighted by Crippen LogP contribution is -2.26. The van der Waals surface area contributed by atoms with Gasteiger partial charge in [0.25, 0.3) is 0 Å². The molecule has 0 heterocycles. The first-order valence-electron chi connectivity index (χ1n) is 7.25. The number of aliphatic carboxylic acids is 1. The lowest BCUT2D eigenvalue weighted by Gasteiger charge is -2.10. The molecule has 20 heavy (non-hydrogen) atoms. The van der Waals surface area contributed by atoms with Crippen molar-refractivity contribution in [2.24, 2.45) is 0 Å². The first kappa shape index (κ1) is 19.3. The summed E-state index contributed by atoms with van der Waals surface area (Å²) in [5.74, 6) is -1.37. The van der Waals surface area contributed by atoms with E-state index in [1.807, 2.05) is 0 Å².